The van der Waals surface area contributed by atoms with E-state index >= 15 is 0 Å². The Balaban J connectivity index is 2.24. The van der Waals surface area contributed by atoms with Gasteiger partial charge in [-0.2, -0.15) is 0 Å². The number of nitrogens with one attached hydrogen (secondary N) is 1. The monoisotopic (exact) mass is 375 g/mol. The maximum absolute atomic E-state index is 11.8. The highest BCUT2D eigenvalue weighted by atomic mass is 127. The van der Waals surface area contributed by atoms with E-state index in [1.807, 2.05) is 0 Å². The quantitative estimate of drug-likeness (QED) is 0.805. The molecule has 0 unspecified atom stereocenters. The van der Waals surface area contributed by atoms with Crippen molar-refractivity contribution in [3.05, 3.63) is 20.3 Å². The number of hydrogen-bond donors (Lipinski definition) is 1. The molecule has 4 nitrogen and oxygen atoms in total. The summed E-state index contributed by atoms with van der Waals surface area (Å²) in [5, 5.41) is 0. The van der Waals surface area contributed by atoms with E-state index in [1.54, 1.807) is 0 Å². The molecule has 0 saturated heterocycles. The SMILES string of the molecule is CC(C)CCN(c1nc[nH]c(=O)c1I)C1CCCC1. The number of H-pyrrole nitrogens is 1. The fourth-order valence-electron chi connectivity index (χ4n) is 2.65. The predicted molar refractivity (Wildman–Crippen MR) is 86.6 cm³/mol. The Hall–Kier alpha value is -0.590. The molecule has 5 heteroatoms. The van der Waals surface area contributed by atoms with Crippen molar-refractivity contribution in [2.45, 2.75) is 52.0 Å². The highest BCUT2D eigenvalue weighted by Crippen LogP contribution is 2.29. The number of halogens is 1. The van der Waals surface area contributed by atoms with Crippen LogP contribution in [0.1, 0.15) is 46.0 Å². The van der Waals surface area contributed by atoms with Crippen LogP contribution in [-0.4, -0.2) is 22.6 Å². The van der Waals surface area contributed by atoms with Crippen LogP contribution >= 0.6 is 22.6 Å². The summed E-state index contributed by atoms with van der Waals surface area (Å²) in [6, 6.07) is 0.557. The van der Waals surface area contributed by atoms with Gasteiger partial charge in [0.1, 0.15) is 9.39 Å². The Labute approximate surface area is 128 Å². The summed E-state index contributed by atoms with van der Waals surface area (Å²) in [4.78, 5) is 21.2. The molecule has 0 spiro atoms. The Morgan fingerprint density at radius 2 is 2.16 bits per heavy atom. The van der Waals surface area contributed by atoms with E-state index in [0.29, 0.717) is 12.0 Å². The van der Waals surface area contributed by atoms with Crippen LogP contribution in [0.25, 0.3) is 0 Å². The minimum atomic E-state index is -0.0295. The molecule has 0 aliphatic heterocycles. The molecule has 0 radical (unpaired) electrons. The lowest BCUT2D eigenvalue weighted by molar-refractivity contribution is 0.524. The molecule has 1 saturated carbocycles. The lowest BCUT2D eigenvalue weighted by atomic mass is 10.1. The maximum atomic E-state index is 11.8. The lowest BCUT2D eigenvalue weighted by Crippen LogP contribution is -2.37. The van der Waals surface area contributed by atoms with E-state index in [9.17, 15) is 4.79 Å². The number of rotatable bonds is 5. The van der Waals surface area contributed by atoms with Gasteiger partial charge in [-0.15, -0.1) is 0 Å². The number of nitrogens with zero attached hydrogens (tertiary/aromatic N) is 2. The third kappa shape index (κ3) is 3.70. The second-order valence-corrected chi connectivity index (χ2v) is 6.76. The van der Waals surface area contributed by atoms with Gasteiger partial charge in [0.15, 0.2) is 0 Å². The Morgan fingerprint density at radius 1 is 1.47 bits per heavy atom. The molecule has 1 aromatic rings. The molecular formula is C14H22IN3O. The van der Waals surface area contributed by atoms with E-state index in [-0.39, 0.29) is 5.56 Å². The van der Waals surface area contributed by atoms with Gasteiger partial charge in [-0.1, -0.05) is 26.7 Å². The molecule has 0 atom stereocenters. The normalized spacial score (nSPS) is 16.2. The number of aromatic amines is 1. The molecular weight excluding hydrogens is 353 g/mol. The maximum Gasteiger partial charge on any atom is 0.266 e. The average molecular weight is 375 g/mol. The summed E-state index contributed by atoms with van der Waals surface area (Å²) >= 11 is 2.12. The Morgan fingerprint density at radius 3 is 2.79 bits per heavy atom. The second-order valence-electron chi connectivity index (χ2n) is 5.68. The van der Waals surface area contributed by atoms with Crippen LogP contribution in [0, 0.1) is 9.49 Å². The zero-order valence-corrected chi connectivity index (χ0v) is 13.8. The lowest BCUT2D eigenvalue weighted by Gasteiger charge is -2.31. The summed E-state index contributed by atoms with van der Waals surface area (Å²) in [5.41, 5.74) is -0.0295. The zero-order chi connectivity index (χ0) is 13.8. The molecule has 106 valence electrons. The van der Waals surface area contributed by atoms with Gasteiger partial charge in [-0.05, 0) is 47.8 Å². The van der Waals surface area contributed by atoms with Crippen LogP contribution < -0.4 is 10.5 Å². The first-order valence-corrected chi connectivity index (χ1v) is 8.17. The molecule has 1 fully saturated rings. The van der Waals surface area contributed by atoms with Gasteiger partial charge in [0.05, 0.1) is 6.33 Å². The fraction of sp³-hybridized carbons (Fsp3) is 0.714. The first-order chi connectivity index (χ1) is 9.09. The molecule has 2 rings (SSSR count). The summed E-state index contributed by atoms with van der Waals surface area (Å²) < 4.78 is 0.718. The third-order valence-corrected chi connectivity index (χ3v) is 4.74. The highest BCUT2D eigenvalue weighted by molar-refractivity contribution is 14.1. The zero-order valence-electron chi connectivity index (χ0n) is 11.7. The molecule has 1 aromatic heterocycles. The molecule has 1 aliphatic rings. The van der Waals surface area contributed by atoms with Crippen LogP contribution in [0.15, 0.2) is 11.1 Å². The van der Waals surface area contributed by atoms with Crippen molar-refractivity contribution in [1.29, 1.82) is 0 Å². The van der Waals surface area contributed by atoms with Crippen molar-refractivity contribution in [2.75, 3.05) is 11.4 Å². The van der Waals surface area contributed by atoms with Gasteiger partial charge in [0.25, 0.3) is 5.56 Å². The summed E-state index contributed by atoms with van der Waals surface area (Å²) in [7, 11) is 0. The van der Waals surface area contributed by atoms with Gasteiger partial charge < -0.3 is 9.88 Å². The van der Waals surface area contributed by atoms with E-state index < -0.39 is 0 Å². The van der Waals surface area contributed by atoms with Gasteiger partial charge >= 0.3 is 0 Å². The smallest absolute Gasteiger partial charge is 0.266 e. The van der Waals surface area contributed by atoms with Crippen molar-refractivity contribution in [3.63, 3.8) is 0 Å². The van der Waals surface area contributed by atoms with Crippen LogP contribution in [0.3, 0.4) is 0 Å². The second kappa shape index (κ2) is 6.72. The van der Waals surface area contributed by atoms with E-state index in [0.717, 1.165) is 22.4 Å². The summed E-state index contributed by atoms with van der Waals surface area (Å²) in [6.45, 7) is 5.47. The van der Waals surface area contributed by atoms with Crippen molar-refractivity contribution in [3.8, 4) is 0 Å². The summed E-state index contributed by atoms with van der Waals surface area (Å²) in [5.74, 6) is 1.54. The molecule has 1 aliphatic carbocycles. The van der Waals surface area contributed by atoms with Crippen molar-refractivity contribution in [2.24, 2.45) is 5.92 Å². The van der Waals surface area contributed by atoms with Crippen LogP contribution in [0.4, 0.5) is 5.82 Å². The van der Waals surface area contributed by atoms with Gasteiger partial charge in [0, 0.05) is 12.6 Å². The van der Waals surface area contributed by atoms with Crippen LogP contribution in [0.2, 0.25) is 0 Å². The average Bonchev–Trinajstić information content (AvgIpc) is 2.88. The molecule has 1 heterocycles. The molecule has 1 N–H and O–H groups in total. The first kappa shape index (κ1) is 14.8. The topological polar surface area (TPSA) is 49.0 Å². The van der Waals surface area contributed by atoms with E-state index in [1.165, 1.54) is 32.0 Å². The standard InChI is InChI=1S/C14H22IN3O/c1-10(2)7-8-18(11-5-3-4-6-11)13-12(15)14(19)17-9-16-13/h9-11H,3-8H2,1-2H3,(H,16,17,19). The largest absolute Gasteiger partial charge is 0.353 e. The minimum absolute atomic E-state index is 0.0295. The molecule has 19 heavy (non-hydrogen) atoms. The fourth-order valence-corrected chi connectivity index (χ4v) is 3.25. The van der Waals surface area contributed by atoms with Crippen molar-refractivity contribution < 1.29 is 0 Å². The highest BCUT2D eigenvalue weighted by Gasteiger charge is 2.25. The van der Waals surface area contributed by atoms with E-state index in [4.69, 9.17) is 0 Å². The number of anilines is 1. The van der Waals surface area contributed by atoms with E-state index in [2.05, 4.69) is 51.3 Å². The van der Waals surface area contributed by atoms with Gasteiger partial charge in [-0.3, -0.25) is 4.79 Å². The molecule has 0 amide bonds. The third-order valence-electron chi connectivity index (χ3n) is 3.76. The minimum Gasteiger partial charge on any atom is -0.353 e. The molecule has 0 aromatic carbocycles. The van der Waals surface area contributed by atoms with Crippen molar-refractivity contribution in [1.82, 2.24) is 9.97 Å². The molecule has 0 bridgehead atoms. The summed E-state index contributed by atoms with van der Waals surface area (Å²) in [6.07, 6.45) is 7.70. The number of aromatic nitrogens is 2. The Kier molecular flexibility index (Phi) is 5.24. The predicted octanol–water partition coefficient (Wildman–Crippen LogP) is 3.17. The number of hydrogen-bond acceptors (Lipinski definition) is 3. The Bertz CT molecular complexity index is 466. The van der Waals surface area contributed by atoms with Gasteiger partial charge in [-0.25, -0.2) is 4.98 Å². The van der Waals surface area contributed by atoms with Crippen molar-refractivity contribution >= 4 is 28.4 Å². The van der Waals surface area contributed by atoms with Crippen LogP contribution in [0.5, 0.6) is 0 Å². The van der Waals surface area contributed by atoms with Crippen LogP contribution in [-0.2, 0) is 0 Å². The van der Waals surface area contributed by atoms with Gasteiger partial charge in [0.2, 0.25) is 0 Å². The first-order valence-electron chi connectivity index (χ1n) is 7.09.